The predicted octanol–water partition coefficient (Wildman–Crippen LogP) is 7.96. The standard InChI is InChI=1S/C44H43N3Si/c1-33(2)41-29-18-30-42(34(3)4)43(41)47-32-46(44(45-47)35-19-9-5-10-20-35)36-21-17-28-40(31-36)48(37-22-11-6-12-23-37,38-24-13-7-14-25-38)39-26-15-8-16-27-39/h5-31,33-34H,32H2,1-4H3. The zero-order valence-electron chi connectivity index (χ0n) is 28.3. The first-order valence-corrected chi connectivity index (χ1v) is 19.1. The smallest absolute Gasteiger partial charge is 0.179 e. The maximum Gasteiger partial charge on any atom is 0.179 e. The first kappa shape index (κ1) is 31.4. The lowest BCUT2D eigenvalue weighted by molar-refractivity contribution is 0.798. The Kier molecular flexibility index (Phi) is 8.83. The summed E-state index contributed by atoms with van der Waals surface area (Å²) in [7, 11) is -2.69. The number of benzene rings is 6. The van der Waals surface area contributed by atoms with Gasteiger partial charge in [-0.05, 0) is 55.8 Å². The monoisotopic (exact) mass is 641 g/mol. The average molecular weight is 642 g/mol. The minimum absolute atomic E-state index is 0.376. The van der Waals surface area contributed by atoms with Gasteiger partial charge in [-0.3, -0.25) is 0 Å². The van der Waals surface area contributed by atoms with E-state index in [1.165, 1.54) is 37.6 Å². The number of hydrazone groups is 1. The molecule has 0 spiro atoms. The van der Waals surface area contributed by atoms with Crippen molar-refractivity contribution >= 4 is 46.0 Å². The van der Waals surface area contributed by atoms with Gasteiger partial charge in [0.2, 0.25) is 0 Å². The predicted molar refractivity (Wildman–Crippen MR) is 207 cm³/mol. The quantitative estimate of drug-likeness (QED) is 0.118. The van der Waals surface area contributed by atoms with Crippen LogP contribution in [0.2, 0.25) is 0 Å². The van der Waals surface area contributed by atoms with E-state index < -0.39 is 8.07 Å². The summed E-state index contributed by atoms with van der Waals surface area (Å²) in [6.45, 7) is 9.76. The number of para-hydroxylation sites is 1. The number of hydrogen-bond acceptors (Lipinski definition) is 3. The second-order valence-corrected chi connectivity index (χ2v) is 17.1. The van der Waals surface area contributed by atoms with E-state index in [-0.39, 0.29) is 0 Å². The number of hydrogen-bond donors (Lipinski definition) is 0. The molecule has 0 amide bonds. The molecule has 0 N–H and O–H groups in total. The Hall–Kier alpha value is -5.19. The molecule has 48 heavy (non-hydrogen) atoms. The van der Waals surface area contributed by atoms with Crippen LogP contribution < -0.4 is 30.7 Å². The van der Waals surface area contributed by atoms with E-state index >= 15 is 0 Å². The Morgan fingerprint density at radius 2 is 0.938 bits per heavy atom. The maximum absolute atomic E-state index is 5.43. The molecular formula is C44H43N3Si. The molecular weight excluding hydrogens is 599 g/mol. The van der Waals surface area contributed by atoms with Crippen LogP contribution in [-0.4, -0.2) is 20.6 Å². The zero-order valence-corrected chi connectivity index (χ0v) is 29.3. The van der Waals surface area contributed by atoms with Crippen molar-refractivity contribution in [1.82, 2.24) is 0 Å². The first-order chi connectivity index (χ1) is 23.5. The molecule has 1 aliphatic heterocycles. The number of nitrogens with zero attached hydrogens (tertiary/aromatic N) is 3. The van der Waals surface area contributed by atoms with Gasteiger partial charge in [-0.1, -0.05) is 179 Å². The Bertz CT molecular complexity index is 1880. The van der Waals surface area contributed by atoms with E-state index in [0.29, 0.717) is 18.5 Å². The van der Waals surface area contributed by atoms with Crippen molar-refractivity contribution in [2.75, 3.05) is 16.6 Å². The van der Waals surface area contributed by atoms with Gasteiger partial charge in [0.05, 0.1) is 5.69 Å². The van der Waals surface area contributed by atoms with Crippen molar-refractivity contribution in [2.45, 2.75) is 39.5 Å². The van der Waals surface area contributed by atoms with Crippen molar-refractivity contribution in [1.29, 1.82) is 0 Å². The van der Waals surface area contributed by atoms with Crippen LogP contribution in [0.25, 0.3) is 0 Å². The molecule has 4 heteroatoms. The van der Waals surface area contributed by atoms with Crippen LogP contribution in [0.5, 0.6) is 0 Å². The number of anilines is 2. The molecule has 0 radical (unpaired) electrons. The van der Waals surface area contributed by atoms with Gasteiger partial charge in [0.15, 0.2) is 13.9 Å². The molecule has 3 nitrogen and oxygen atoms in total. The van der Waals surface area contributed by atoms with Gasteiger partial charge in [0.25, 0.3) is 0 Å². The van der Waals surface area contributed by atoms with Crippen LogP contribution in [0.3, 0.4) is 0 Å². The minimum atomic E-state index is -2.69. The van der Waals surface area contributed by atoms with E-state index in [4.69, 9.17) is 5.10 Å². The third-order valence-corrected chi connectivity index (χ3v) is 14.4. The van der Waals surface area contributed by atoms with E-state index in [0.717, 1.165) is 17.1 Å². The summed E-state index contributed by atoms with van der Waals surface area (Å²) in [6, 6.07) is 60.1. The molecule has 1 aliphatic rings. The fraction of sp³-hybridized carbons (Fsp3) is 0.159. The molecule has 0 unspecified atom stereocenters. The highest BCUT2D eigenvalue weighted by Crippen LogP contribution is 2.38. The van der Waals surface area contributed by atoms with Gasteiger partial charge in [-0.15, -0.1) is 0 Å². The van der Waals surface area contributed by atoms with E-state index in [9.17, 15) is 0 Å². The molecule has 0 bridgehead atoms. The van der Waals surface area contributed by atoms with Gasteiger partial charge in [-0.25, -0.2) is 5.01 Å². The van der Waals surface area contributed by atoms with Crippen molar-refractivity contribution in [3.05, 3.63) is 180 Å². The average Bonchev–Trinajstić information content (AvgIpc) is 3.59. The normalized spacial score (nSPS) is 13.3. The SMILES string of the molecule is CC(C)c1cccc(C(C)C)c1N1CN(c2cccc([Si](c3ccccc3)(c3ccccc3)c3ccccc3)c2)C(c2ccccc2)=N1. The minimum Gasteiger partial charge on any atom is -0.304 e. The maximum atomic E-state index is 5.43. The molecule has 0 fully saturated rings. The highest BCUT2D eigenvalue weighted by atomic mass is 28.3. The van der Waals surface area contributed by atoms with Crippen LogP contribution in [-0.2, 0) is 0 Å². The molecule has 7 rings (SSSR count). The zero-order chi connectivity index (χ0) is 33.1. The highest BCUT2D eigenvalue weighted by molar-refractivity contribution is 7.19. The summed E-state index contributed by atoms with van der Waals surface area (Å²) in [6.07, 6.45) is 0. The third kappa shape index (κ3) is 5.67. The Balaban J connectivity index is 1.43. The number of rotatable bonds is 9. The molecule has 0 atom stereocenters. The van der Waals surface area contributed by atoms with Crippen LogP contribution in [0.1, 0.15) is 56.2 Å². The largest absolute Gasteiger partial charge is 0.304 e. The second-order valence-electron chi connectivity index (χ2n) is 13.3. The molecule has 0 saturated carbocycles. The van der Waals surface area contributed by atoms with Crippen molar-refractivity contribution in [2.24, 2.45) is 5.10 Å². The molecule has 1 heterocycles. The lowest BCUT2D eigenvalue weighted by Gasteiger charge is -2.35. The van der Waals surface area contributed by atoms with Gasteiger partial charge in [-0.2, -0.15) is 5.10 Å². The first-order valence-electron chi connectivity index (χ1n) is 17.1. The van der Waals surface area contributed by atoms with E-state index in [2.05, 4.69) is 201 Å². The van der Waals surface area contributed by atoms with Gasteiger partial charge in [0, 0.05) is 11.3 Å². The van der Waals surface area contributed by atoms with E-state index in [1.807, 2.05) is 0 Å². The summed E-state index contributed by atoms with van der Waals surface area (Å²) in [5.74, 6) is 1.72. The van der Waals surface area contributed by atoms with Crippen LogP contribution in [0.4, 0.5) is 11.4 Å². The Labute approximate surface area is 286 Å². The molecule has 238 valence electrons. The lowest BCUT2D eigenvalue weighted by atomic mass is 9.92. The Morgan fingerprint density at radius 3 is 1.42 bits per heavy atom. The highest BCUT2D eigenvalue weighted by Gasteiger charge is 2.42. The fourth-order valence-electron chi connectivity index (χ4n) is 7.31. The summed E-state index contributed by atoms with van der Waals surface area (Å²) in [5, 5.41) is 13.1. The van der Waals surface area contributed by atoms with Gasteiger partial charge < -0.3 is 4.90 Å². The van der Waals surface area contributed by atoms with E-state index in [1.54, 1.807) is 0 Å². The summed E-state index contributed by atoms with van der Waals surface area (Å²) in [4.78, 5) is 2.40. The van der Waals surface area contributed by atoms with Crippen molar-refractivity contribution in [3.63, 3.8) is 0 Å². The topological polar surface area (TPSA) is 18.8 Å². The molecule has 6 aromatic rings. The summed E-state index contributed by atoms with van der Waals surface area (Å²) < 4.78 is 0. The second kappa shape index (κ2) is 13.5. The van der Waals surface area contributed by atoms with Crippen molar-refractivity contribution < 1.29 is 0 Å². The van der Waals surface area contributed by atoms with Gasteiger partial charge in [0.1, 0.15) is 6.67 Å². The summed E-state index contributed by atoms with van der Waals surface area (Å²) in [5.41, 5.74) is 6.14. The molecule has 0 aliphatic carbocycles. The fourth-order valence-corrected chi connectivity index (χ4v) is 12.1. The summed E-state index contributed by atoms with van der Waals surface area (Å²) >= 11 is 0. The number of amidine groups is 1. The van der Waals surface area contributed by atoms with Crippen LogP contribution in [0, 0.1) is 0 Å². The molecule has 6 aromatic carbocycles. The molecule has 0 saturated heterocycles. The molecule has 0 aromatic heterocycles. The van der Waals surface area contributed by atoms with Gasteiger partial charge >= 0.3 is 0 Å². The van der Waals surface area contributed by atoms with Crippen molar-refractivity contribution in [3.8, 4) is 0 Å². The van der Waals surface area contributed by atoms with Crippen LogP contribution >= 0.6 is 0 Å². The van der Waals surface area contributed by atoms with Crippen LogP contribution in [0.15, 0.2) is 169 Å². The lowest BCUT2D eigenvalue weighted by Crippen LogP contribution is -2.74. The third-order valence-electron chi connectivity index (χ3n) is 9.59. The Morgan fingerprint density at radius 1 is 0.500 bits per heavy atom.